The first kappa shape index (κ1) is 16.4. The third kappa shape index (κ3) is 2.93. The van der Waals surface area contributed by atoms with Crippen LogP contribution >= 0.6 is 12.4 Å². The van der Waals surface area contributed by atoms with Gasteiger partial charge in [0, 0.05) is 24.9 Å². The Kier molecular flexibility index (Phi) is 5.51. The van der Waals surface area contributed by atoms with E-state index in [1.54, 1.807) is 6.20 Å². The van der Waals surface area contributed by atoms with Gasteiger partial charge in [-0.25, -0.2) is 4.79 Å². The van der Waals surface area contributed by atoms with Crippen LogP contribution in [0.2, 0.25) is 0 Å². The second-order valence-electron chi connectivity index (χ2n) is 4.75. The maximum absolute atomic E-state index is 12.3. The molecule has 0 aliphatic carbocycles. The summed E-state index contributed by atoms with van der Waals surface area (Å²) in [4.78, 5) is 29.8. The van der Waals surface area contributed by atoms with Gasteiger partial charge in [0.05, 0.1) is 0 Å². The molecule has 1 N–H and O–H groups in total. The van der Waals surface area contributed by atoms with E-state index in [1.165, 1.54) is 4.90 Å². The molecule has 0 bridgehead atoms. The fraction of sp³-hybridized carbons (Fsp3) is 0.500. The van der Waals surface area contributed by atoms with Gasteiger partial charge in [0.1, 0.15) is 5.54 Å². The lowest BCUT2D eigenvalue weighted by Crippen LogP contribution is -2.45. The maximum atomic E-state index is 12.3. The molecule has 0 unspecified atom stereocenters. The number of carbonyl (C=O) groups excluding carboxylic acids is 2. The highest BCUT2D eigenvalue weighted by atomic mass is 35.5. The van der Waals surface area contributed by atoms with Crippen LogP contribution in [0.25, 0.3) is 0 Å². The van der Waals surface area contributed by atoms with E-state index in [0.29, 0.717) is 25.8 Å². The molecule has 1 aromatic rings. The Hall–Kier alpha value is -1.62. The Bertz CT molecular complexity index is 475. The zero-order valence-corrected chi connectivity index (χ0v) is 12.6. The second-order valence-corrected chi connectivity index (χ2v) is 4.75. The number of nitrogens with one attached hydrogen (secondary N) is 1. The van der Waals surface area contributed by atoms with Crippen molar-refractivity contribution >= 4 is 24.3 Å². The molecule has 0 aromatic carbocycles. The summed E-state index contributed by atoms with van der Waals surface area (Å²) in [6, 6.07) is 5.35. The predicted molar refractivity (Wildman–Crippen MR) is 78.7 cm³/mol. The number of halogens is 1. The van der Waals surface area contributed by atoms with Crippen molar-refractivity contribution in [2.24, 2.45) is 0 Å². The lowest BCUT2D eigenvalue weighted by atomic mass is 9.93. The zero-order chi connectivity index (χ0) is 13.9. The lowest BCUT2D eigenvalue weighted by Gasteiger charge is -2.23. The summed E-state index contributed by atoms with van der Waals surface area (Å²) in [6.07, 6.45) is 3.54. The summed E-state index contributed by atoms with van der Waals surface area (Å²) in [7, 11) is 0. The minimum Gasteiger partial charge on any atom is -0.323 e. The minimum absolute atomic E-state index is 0. The molecule has 6 heteroatoms. The molecule has 1 aliphatic heterocycles. The molecule has 1 fully saturated rings. The largest absolute Gasteiger partial charge is 0.325 e. The van der Waals surface area contributed by atoms with Gasteiger partial charge in [0.2, 0.25) is 0 Å². The van der Waals surface area contributed by atoms with Gasteiger partial charge in [0.15, 0.2) is 0 Å². The van der Waals surface area contributed by atoms with Gasteiger partial charge in [-0.05, 0) is 25.0 Å². The minimum atomic E-state index is -0.707. The van der Waals surface area contributed by atoms with E-state index in [-0.39, 0.29) is 24.3 Å². The van der Waals surface area contributed by atoms with Crippen molar-refractivity contribution in [2.75, 3.05) is 6.54 Å². The third-order valence-corrected chi connectivity index (χ3v) is 3.77. The SMILES string of the molecule is CCC1(CC)NC(=O)N(CCc2ccccn2)C1=O.Cl. The maximum Gasteiger partial charge on any atom is 0.325 e. The smallest absolute Gasteiger partial charge is 0.323 e. The van der Waals surface area contributed by atoms with E-state index >= 15 is 0 Å². The first-order valence-corrected chi connectivity index (χ1v) is 6.67. The number of imide groups is 1. The van der Waals surface area contributed by atoms with Crippen LogP contribution in [0.1, 0.15) is 32.4 Å². The molecule has 0 spiro atoms. The van der Waals surface area contributed by atoms with E-state index in [1.807, 2.05) is 32.0 Å². The molecule has 3 amide bonds. The number of amides is 3. The molecule has 20 heavy (non-hydrogen) atoms. The Morgan fingerprint density at radius 3 is 2.45 bits per heavy atom. The monoisotopic (exact) mass is 297 g/mol. The second kappa shape index (κ2) is 6.70. The standard InChI is InChI=1S/C14H19N3O2.ClH/c1-3-14(4-2)12(18)17(13(19)16-14)10-8-11-7-5-6-9-15-11;/h5-7,9H,3-4,8,10H2,1-2H3,(H,16,19);1H. The van der Waals surface area contributed by atoms with Crippen molar-refractivity contribution in [3.8, 4) is 0 Å². The molecule has 1 saturated heterocycles. The van der Waals surface area contributed by atoms with Gasteiger partial charge in [-0.15, -0.1) is 12.4 Å². The first-order chi connectivity index (χ1) is 9.13. The van der Waals surface area contributed by atoms with Crippen LogP contribution in [0, 0.1) is 0 Å². The summed E-state index contributed by atoms with van der Waals surface area (Å²) < 4.78 is 0. The number of urea groups is 1. The molecular formula is C14H20ClN3O2. The lowest BCUT2D eigenvalue weighted by molar-refractivity contribution is -0.131. The average molecular weight is 298 g/mol. The molecule has 2 heterocycles. The van der Waals surface area contributed by atoms with Crippen LogP contribution in [0.5, 0.6) is 0 Å². The zero-order valence-electron chi connectivity index (χ0n) is 11.8. The van der Waals surface area contributed by atoms with Gasteiger partial charge in [0.25, 0.3) is 5.91 Å². The quantitative estimate of drug-likeness (QED) is 0.847. The van der Waals surface area contributed by atoms with E-state index in [2.05, 4.69) is 10.3 Å². The number of hydrogen-bond donors (Lipinski definition) is 1. The summed E-state index contributed by atoms with van der Waals surface area (Å²) >= 11 is 0. The van der Waals surface area contributed by atoms with Gasteiger partial charge < -0.3 is 5.32 Å². The fourth-order valence-corrected chi connectivity index (χ4v) is 2.38. The Balaban J connectivity index is 0.00000200. The van der Waals surface area contributed by atoms with E-state index in [9.17, 15) is 9.59 Å². The van der Waals surface area contributed by atoms with Crippen LogP contribution in [0.3, 0.4) is 0 Å². The van der Waals surface area contributed by atoms with Gasteiger partial charge in [-0.3, -0.25) is 14.7 Å². The highest BCUT2D eigenvalue weighted by Gasteiger charge is 2.48. The van der Waals surface area contributed by atoms with Gasteiger partial charge >= 0.3 is 6.03 Å². The molecule has 1 aliphatic rings. The number of carbonyl (C=O) groups is 2. The van der Waals surface area contributed by atoms with Crippen molar-refractivity contribution in [2.45, 2.75) is 38.6 Å². The highest BCUT2D eigenvalue weighted by molar-refractivity contribution is 6.06. The molecule has 0 radical (unpaired) electrons. The third-order valence-electron chi connectivity index (χ3n) is 3.77. The molecule has 0 saturated carbocycles. The Morgan fingerprint density at radius 1 is 1.25 bits per heavy atom. The summed E-state index contributed by atoms with van der Waals surface area (Å²) in [5, 5.41) is 2.82. The highest BCUT2D eigenvalue weighted by Crippen LogP contribution is 2.24. The topological polar surface area (TPSA) is 62.3 Å². The van der Waals surface area contributed by atoms with Gasteiger partial charge in [-0.2, -0.15) is 0 Å². The normalized spacial score (nSPS) is 16.8. The first-order valence-electron chi connectivity index (χ1n) is 6.67. The van der Waals surface area contributed by atoms with E-state index < -0.39 is 5.54 Å². The predicted octanol–water partition coefficient (Wildman–Crippen LogP) is 2.16. The van der Waals surface area contributed by atoms with Crippen molar-refractivity contribution in [3.63, 3.8) is 0 Å². The number of nitrogens with zero attached hydrogens (tertiary/aromatic N) is 2. The van der Waals surface area contributed by atoms with Crippen LogP contribution in [-0.2, 0) is 11.2 Å². The summed E-state index contributed by atoms with van der Waals surface area (Å²) in [5.74, 6) is -0.113. The molecule has 0 atom stereocenters. The van der Waals surface area contributed by atoms with Crippen LogP contribution in [-0.4, -0.2) is 33.9 Å². The Morgan fingerprint density at radius 2 is 1.95 bits per heavy atom. The van der Waals surface area contributed by atoms with Gasteiger partial charge in [-0.1, -0.05) is 19.9 Å². The molecule has 110 valence electrons. The molecule has 1 aromatic heterocycles. The molecule has 2 rings (SSSR count). The molecule has 5 nitrogen and oxygen atoms in total. The number of hydrogen-bond acceptors (Lipinski definition) is 3. The summed E-state index contributed by atoms with van der Waals surface area (Å²) in [5.41, 5.74) is 0.176. The number of rotatable bonds is 5. The van der Waals surface area contributed by atoms with Crippen molar-refractivity contribution in [3.05, 3.63) is 30.1 Å². The average Bonchev–Trinajstić information content (AvgIpc) is 2.69. The van der Waals surface area contributed by atoms with Crippen LogP contribution in [0.4, 0.5) is 4.79 Å². The number of pyridine rings is 1. The summed E-state index contributed by atoms with van der Waals surface area (Å²) in [6.45, 7) is 4.22. The van der Waals surface area contributed by atoms with Crippen LogP contribution < -0.4 is 5.32 Å². The van der Waals surface area contributed by atoms with Crippen molar-refractivity contribution in [1.82, 2.24) is 15.2 Å². The fourth-order valence-electron chi connectivity index (χ4n) is 2.38. The number of aromatic nitrogens is 1. The van der Waals surface area contributed by atoms with E-state index in [0.717, 1.165) is 5.69 Å². The Labute approximate surface area is 125 Å². The molecular weight excluding hydrogens is 278 g/mol. The van der Waals surface area contributed by atoms with Crippen molar-refractivity contribution in [1.29, 1.82) is 0 Å². The van der Waals surface area contributed by atoms with E-state index in [4.69, 9.17) is 0 Å². The van der Waals surface area contributed by atoms with Crippen LogP contribution in [0.15, 0.2) is 24.4 Å². The van der Waals surface area contributed by atoms with Crippen molar-refractivity contribution < 1.29 is 9.59 Å².